The molecule has 1 amide bonds. The molecule has 0 atom stereocenters. The molecule has 1 fully saturated rings. The van der Waals surface area contributed by atoms with E-state index in [-0.39, 0.29) is 16.8 Å². The van der Waals surface area contributed by atoms with Crippen molar-refractivity contribution in [2.45, 2.75) is 36.8 Å². The Labute approximate surface area is 188 Å². The van der Waals surface area contributed by atoms with E-state index in [2.05, 4.69) is 10.0 Å². The first-order valence-electron chi connectivity index (χ1n) is 10.7. The lowest BCUT2D eigenvalue weighted by molar-refractivity contribution is 0.0954. The fraction of sp³-hybridized carbons (Fsp3) is 0.240. The van der Waals surface area contributed by atoms with Gasteiger partial charge in [-0.3, -0.25) is 4.79 Å². The van der Waals surface area contributed by atoms with E-state index in [0.717, 1.165) is 29.7 Å². The number of benzene rings is 3. The summed E-state index contributed by atoms with van der Waals surface area (Å²) in [6.45, 7) is 0.960. The number of rotatable bonds is 10. The van der Waals surface area contributed by atoms with Gasteiger partial charge in [0.15, 0.2) is 0 Å². The van der Waals surface area contributed by atoms with Crippen LogP contribution in [0.15, 0.2) is 83.8 Å². The van der Waals surface area contributed by atoms with Crippen molar-refractivity contribution >= 4 is 15.9 Å². The molecule has 1 saturated carbocycles. The van der Waals surface area contributed by atoms with Crippen molar-refractivity contribution in [3.8, 4) is 5.75 Å². The molecule has 0 saturated heterocycles. The van der Waals surface area contributed by atoms with Crippen molar-refractivity contribution < 1.29 is 17.9 Å². The zero-order valence-electron chi connectivity index (χ0n) is 17.7. The molecule has 0 unspecified atom stereocenters. The van der Waals surface area contributed by atoms with Gasteiger partial charge in [0.05, 0.1) is 4.90 Å². The monoisotopic (exact) mass is 450 g/mol. The molecule has 166 valence electrons. The summed E-state index contributed by atoms with van der Waals surface area (Å²) >= 11 is 0. The molecule has 1 aliphatic carbocycles. The number of hydrogen-bond acceptors (Lipinski definition) is 4. The van der Waals surface area contributed by atoms with Crippen LogP contribution in [-0.4, -0.2) is 26.9 Å². The van der Waals surface area contributed by atoms with E-state index >= 15 is 0 Å². The Morgan fingerprint density at radius 1 is 0.906 bits per heavy atom. The predicted molar refractivity (Wildman–Crippen MR) is 123 cm³/mol. The van der Waals surface area contributed by atoms with Gasteiger partial charge >= 0.3 is 0 Å². The van der Waals surface area contributed by atoms with Crippen LogP contribution in [0.4, 0.5) is 0 Å². The van der Waals surface area contributed by atoms with Crippen LogP contribution in [0.25, 0.3) is 0 Å². The molecule has 1 aliphatic rings. The third kappa shape index (κ3) is 6.18. The van der Waals surface area contributed by atoms with Crippen molar-refractivity contribution in [1.82, 2.24) is 10.0 Å². The Morgan fingerprint density at radius 3 is 2.38 bits per heavy atom. The molecule has 2 N–H and O–H groups in total. The van der Waals surface area contributed by atoms with Crippen molar-refractivity contribution in [3.63, 3.8) is 0 Å². The average Bonchev–Trinajstić information content (AvgIpc) is 3.62. The van der Waals surface area contributed by atoms with E-state index < -0.39 is 10.0 Å². The van der Waals surface area contributed by atoms with Crippen LogP contribution < -0.4 is 14.8 Å². The summed E-state index contributed by atoms with van der Waals surface area (Å²) in [5.41, 5.74) is 2.51. The first kappa shape index (κ1) is 22.0. The van der Waals surface area contributed by atoms with Crippen molar-refractivity contribution in [2.24, 2.45) is 0 Å². The zero-order chi connectivity index (χ0) is 22.4. The lowest BCUT2D eigenvalue weighted by Crippen LogP contribution is -2.28. The van der Waals surface area contributed by atoms with Gasteiger partial charge in [-0.15, -0.1) is 0 Å². The minimum Gasteiger partial charge on any atom is -0.489 e. The van der Waals surface area contributed by atoms with Gasteiger partial charge in [0.25, 0.3) is 5.91 Å². The number of sulfonamides is 1. The topological polar surface area (TPSA) is 84.5 Å². The van der Waals surface area contributed by atoms with E-state index in [1.807, 2.05) is 54.6 Å². The fourth-order valence-corrected chi connectivity index (χ4v) is 4.56. The van der Waals surface area contributed by atoms with Crippen LogP contribution in [0.3, 0.4) is 0 Å². The van der Waals surface area contributed by atoms with Gasteiger partial charge < -0.3 is 10.1 Å². The molecule has 0 aliphatic heterocycles. The van der Waals surface area contributed by atoms with E-state index in [4.69, 9.17) is 4.74 Å². The molecule has 6 nitrogen and oxygen atoms in total. The second-order valence-corrected chi connectivity index (χ2v) is 9.56. The lowest BCUT2D eigenvalue weighted by Gasteiger charge is -2.09. The number of amides is 1. The second kappa shape index (κ2) is 9.97. The van der Waals surface area contributed by atoms with Crippen LogP contribution in [0.5, 0.6) is 5.75 Å². The summed E-state index contributed by atoms with van der Waals surface area (Å²) in [5, 5.41) is 2.86. The summed E-state index contributed by atoms with van der Waals surface area (Å²) in [6, 6.07) is 23.9. The van der Waals surface area contributed by atoms with Crippen LogP contribution in [-0.2, 0) is 23.1 Å². The quantitative estimate of drug-likeness (QED) is 0.494. The molecule has 0 bridgehead atoms. The Kier molecular flexibility index (Phi) is 6.87. The third-order valence-electron chi connectivity index (χ3n) is 5.18. The molecular formula is C25H26N2O4S. The Morgan fingerprint density at radius 2 is 1.66 bits per heavy atom. The van der Waals surface area contributed by atoms with Crippen LogP contribution in [0.1, 0.15) is 34.3 Å². The largest absolute Gasteiger partial charge is 0.489 e. The molecule has 0 heterocycles. The van der Waals surface area contributed by atoms with Crippen molar-refractivity contribution in [3.05, 3.63) is 95.6 Å². The minimum atomic E-state index is -3.59. The van der Waals surface area contributed by atoms with Gasteiger partial charge in [0.2, 0.25) is 10.0 Å². The standard InChI is InChI=1S/C25H26N2O4S/c28-25(21-7-4-8-24(17-21)32(29,30)27-22-11-12-22)26-16-15-19-9-13-23(14-10-19)31-18-20-5-2-1-3-6-20/h1-10,13-14,17,22,27H,11-12,15-16,18H2,(H,26,28). The minimum absolute atomic E-state index is 0.0209. The SMILES string of the molecule is O=C(NCCc1ccc(OCc2ccccc2)cc1)c1cccc(S(=O)(=O)NC2CC2)c1. The van der Waals surface area contributed by atoms with Gasteiger partial charge in [0.1, 0.15) is 12.4 Å². The van der Waals surface area contributed by atoms with Gasteiger partial charge in [-0.05, 0) is 60.7 Å². The Balaban J connectivity index is 1.26. The van der Waals surface area contributed by atoms with Crippen molar-refractivity contribution in [1.29, 1.82) is 0 Å². The first-order chi connectivity index (χ1) is 15.5. The fourth-order valence-electron chi connectivity index (χ4n) is 3.21. The van der Waals surface area contributed by atoms with E-state index in [9.17, 15) is 13.2 Å². The maximum Gasteiger partial charge on any atom is 0.251 e. The highest BCUT2D eigenvalue weighted by Crippen LogP contribution is 2.22. The van der Waals surface area contributed by atoms with E-state index in [1.54, 1.807) is 12.1 Å². The van der Waals surface area contributed by atoms with Crippen molar-refractivity contribution in [2.75, 3.05) is 6.54 Å². The highest BCUT2D eigenvalue weighted by atomic mass is 32.2. The Hall–Kier alpha value is -3.16. The zero-order valence-corrected chi connectivity index (χ0v) is 18.5. The highest BCUT2D eigenvalue weighted by molar-refractivity contribution is 7.89. The maximum atomic E-state index is 12.5. The molecule has 0 radical (unpaired) electrons. The normalized spacial score (nSPS) is 13.5. The predicted octanol–water partition coefficient (Wildman–Crippen LogP) is 3.68. The summed E-state index contributed by atoms with van der Waals surface area (Å²) < 4.78 is 33.1. The highest BCUT2D eigenvalue weighted by Gasteiger charge is 2.28. The van der Waals surface area contributed by atoms with Crippen LogP contribution >= 0.6 is 0 Å². The summed E-state index contributed by atoms with van der Waals surface area (Å²) in [7, 11) is -3.59. The number of hydrogen-bond donors (Lipinski definition) is 2. The summed E-state index contributed by atoms with van der Waals surface area (Å²) in [4.78, 5) is 12.6. The number of carbonyl (C=O) groups excluding carboxylic acids is 1. The molecule has 32 heavy (non-hydrogen) atoms. The molecule has 4 rings (SSSR count). The van der Waals surface area contributed by atoms with Crippen LogP contribution in [0.2, 0.25) is 0 Å². The van der Waals surface area contributed by atoms with E-state index in [0.29, 0.717) is 25.1 Å². The molecule has 0 aromatic heterocycles. The second-order valence-electron chi connectivity index (χ2n) is 7.85. The smallest absolute Gasteiger partial charge is 0.251 e. The number of carbonyl (C=O) groups is 1. The number of nitrogens with one attached hydrogen (secondary N) is 2. The lowest BCUT2D eigenvalue weighted by atomic mass is 10.1. The molecule has 3 aromatic rings. The van der Waals surface area contributed by atoms with Gasteiger partial charge in [-0.25, -0.2) is 13.1 Å². The maximum absolute atomic E-state index is 12.5. The van der Waals surface area contributed by atoms with Gasteiger partial charge in [-0.2, -0.15) is 0 Å². The molecular weight excluding hydrogens is 424 g/mol. The molecule has 7 heteroatoms. The van der Waals surface area contributed by atoms with E-state index in [1.165, 1.54) is 12.1 Å². The third-order valence-corrected chi connectivity index (χ3v) is 6.69. The first-order valence-corrected chi connectivity index (χ1v) is 12.1. The number of ether oxygens (including phenoxy) is 1. The average molecular weight is 451 g/mol. The summed E-state index contributed by atoms with van der Waals surface area (Å²) in [5.74, 6) is 0.496. The molecule has 0 spiro atoms. The molecule has 3 aromatic carbocycles. The van der Waals surface area contributed by atoms with Gasteiger partial charge in [0, 0.05) is 18.2 Å². The Bertz CT molecular complexity index is 1160. The van der Waals surface area contributed by atoms with Crippen LogP contribution in [0, 0.1) is 0 Å². The summed E-state index contributed by atoms with van der Waals surface area (Å²) in [6.07, 6.45) is 2.38. The van der Waals surface area contributed by atoms with Gasteiger partial charge in [-0.1, -0.05) is 48.5 Å².